The summed E-state index contributed by atoms with van der Waals surface area (Å²) in [6, 6.07) is 1.93. The van der Waals surface area contributed by atoms with Crippen molar-refractivity contribution in [2.45, 2.75) is 18.8 Å². The van der Waals surface area contributed by atoms with E-state index >= 15 is 0 Å². The molecule has 0 saturated carbocycles. The standard InChI is InChI=1S/C11H15N3O2/c12-10-7-13-4-1-9(10)8-2-5-14(6-3-8)11(15)16/h1,4,7-8H,2-3,5-6,12H2,(H,15,16). The molecule has 1 saturated heterocycles. The zero-order chi connectivity index (χ0) is 11.5. The second-order valence-electron chi connectivity index (χ2n) is 4.05. The monoisotopic (exact) mass is 221 g/mol. The van der Waals surface area contributed by atoms with Crippen molar-refractivity contribution in [1.29, 1.82) is 0 Å². The number of nitrogens with zero attached hydrogens (tertiary/aromatic N) is 2. The van der Waals surface area contributed by atoms with Crippen LogP contribution in [0.3, 0.4) is 0 Å². The van der Waals surface area contributed by atoms with Gasteiger partial charge in [0.2, 0.25) is 0 Å². The zero-order valence-electron chi connectivity index (χ0n) is 8.97. The van der Waals surface area contributed by atoms with Crippen LogP contribution in [-0.2, 0) is 0 Å². The fourth-order valence-corrected chi connectivity index (χ4v) is 2.17. The Balaban J connectivity index is 2.05. The van der Waals surface area contributed by atoms with E-state index in [1.165, 1.54) is 4.90 Å². The normalized spacial score (nSPS) is 17.4. The van der Waals surface area contributed by atoms with E-state index in [0.717, 1.165) is 18.4 Å². The van der Waals surface area contributed by atoms with Gasteiger partial charge in [0.05, 0.1) is 11.9 Å². The molecular weight excluding hydrogens is 206 g/mol. The van der Waals surface area contributed by atoms with E-state index in [4.69, 9.17) is 10.8 Å². The molecule has 1 aliphatic rings. The van der Waals surface area contributed by atoms with E-state index in [2.05, 4.69) is 4.98 Å². The molecule has 1 fully saturated rings. The molecule has 1 amide bonds. The van der Waals surface area contributed by atoms with Crippen molar-refractivity contribution in [3.05, 3.63) is 24.0 Å². The van der Waals surface area contributed by atoms with E-state index in [0.29, 0.717) is 24.7 Å². The highest BCUT2D eigenvalue weighted by molar-refractivity contribution is 5.65. The highest BCUT2D eigenvalue weighted by Crippen LogP contribution is 2.30. The lowest BCUT2D eigenvalue weighted by Crippen LogP contribution is -2.36. The minimum atomic E-state index is -0.832. The average molecular weight is 221 g/mol. The van der Waals surface area contributed by atoms with Gasteiger partial charge in [-0.15, -0.1) is 0 Å². The van der Waals surface area contributed by atoms with Crippen LogP contribution in [0.5, 0.6) is 0 Å². The van der Waals surface area contributed by atoms with Crippen molar-refractivity contribution in [3.8, 4) is 0 Å². The van der Waals surface area contributed by atoms with Crippen molar-refractivity contribution < 1.29 is 9.90 Å². The molecule has 0 spiro atoms. The van der Waals surface area contributed by atoms with Gasteiger partial charge in [0, 0.05) is 19.3 Å². The average Bonchev–Trinajstić information content (AvgIpc) is 2.30. The first kappa shape index (κ1) is 10.7. The molecule has 1 aliphatic heterocycles. The molecule has 2 heterocycles. The quantitative estimate of drug-likeness (QED) is 0.753. The van der Waals surface area contributed by atoms with E-state index in [-0.39, 0.29) is 0 Å². The molecule has 5 nitrogen and oxygen atoms in total. The number of carboxylic acid groups (broad SMARTS) is 1. The molecule has 1 aromatic heterocycles. The molecular formula is C11H15N3O2. The zero-order valence-corrected chi connectivity index (χ0v) is 8.97. The van der Waals surface area contributed by atoms with Crippen molar-refractivity contribution in [3.63, 3.8) is 0 Å². The second-order valence-corrected chi connectivity index (χ2v) is 4.05. The molecule has 0 aliphatic carbocycles. The molecule has 0 unspecified atom stereocenters. The molecule has 1 aromatic rings. The third-order valence-electron chi connectivity index (χ3n) is 3.09. The van der Waals surface area contributed by atoms with Crippen LogP contribution >= 0.6 is 0 Å². The Morgan fingerprint density at radius 3 is 2.75 bits per heavy atom. The lowest BCUT2D eigenvalue weighted by atomic mass is 9.89. The Hall–Kier alpha value is -1.78. The Morgan fingerprint density at radius 1 is 1.50 bits per heavy atom. The molecule has 0 aromatic carbocycles. The number of rotatable bonds is 1. The summed E-state index contributed by atoms with van der Waals surface area (Å²) in [6.07, 6.45) is 4.22. The fourth-order valence-electron chi connectivity index (χ4n) is 2.17. The number of carbonyl (C=O) groups is 1. The van der Waals surface area contributed by atoms with Gasteiger partial charge in [-0.3, -0.25) is 4.98 Å². The summed E-state index contributed by atoms with van der Waals surface area (Å²) in [5.74, 6) is 0.360. The number of pyridine rings is 1. The van der Waals surface area contributed by atoms with Crippen LogP contribution in [0.15, 0.2) is 18.5 Å². The van der Waals surface area contributed by atoms with E-state index < -0.39 is 6.09 Å². The van der Waals surface area contributed by atoms with Gasteiger partial charge in [0.1, 0.15) is 0 Å². The molecule has 86 valence electrons. The number of likely N-dealkylation sites (tertiary alicyclic amines) is 1. The van der Waals surface area contributed by atoms with Gasteiger partial charge in [-0.05, 0) is 30.4 Å². The van der Waals surface area contributed by atoms with Crippen LogP contribution in [0.4, 0.5) is 10.5 Å². The van der Waals surface area contributed by atoms with Crippen molar-refractivity contribution >= 4 is 11.8 Å². The van der Waals surface area contributed by atoms with Crippen LogP contribution in [0, 0.1) is 0 Å². The van der Waals surface area contributed by atoms with Crippen LogP contribution in [0.25, 0.3) is 0 Å². The number of anilines is 1. The Bertz CT molecular complexity index is 387. The molecule has 3 N–H and O–H groups in total. The highest BCUT2D eigenvalue weighted by Gasteiger charge is 2.24. The lowest BCUT2D eigenvalue weighted by Gasteiger charge is -2.30. The van der Waals surface area contributed by atoms with Gasteiger partial charge in [0.15, 0.2) is 0 Å². The van der Waals surface area contributed by atoms with Crippen LogP contribution < -0.4 is 5.73 Å². The van der Waals surface area contributed by atoms with E-state index in [1.54, 1.807) is 12.4 Å². The van der Waals surface area contributed by atoms with Crippen molar-refractivity contribution in [2.75, 3.05) is 18.8 Å². The van der Waals surface area contributed by atoms with Gasteiger partial charge in [0.25, 0.3) is 0 Å². The predicted octanol–water partition coefficient (Wildman–Crippen LogP) is 1.52. The summed E-state index contributed by atoms with van der Waals surface area (Å²) in [7, 11) is 0. The number of aromatic nitrogens is 1. The first-order valence-corrected chi connectivity index (χ1v) is 5.35. The molecule has 0 radical (unpaired) electrons. The predicted molar refractivity (Wildman–Crippen MR) is 60.2 cm³/mol. The number of hydrogen-bond donors (Lipinski definition) is 2. The third-order valence-corrected chi connectivity index (χ3v) is 3.09. The topological polar surface area (TPSA) is 79.5 Å². The minimum Gasteiger partial charge on any atom is -0.465 e. The van der Waals surface area contributed by atoms with Gasteiger partial charge in [-0.2, -0.15) is 0 Å². The Labute approximate surface area is 93.9 Å². The second kappa shape index (κ2) is 4.38. The number of nitrogens with two attached hydrogens (primary N) is 1. The number of hydrogen-bond acceptors (Lipinski definition) is 3. The van der Waals surface area contributed by atoms with Crippen LogP contribution in [0.2, 0.25) is 0 Å². The van der Waals surface area contributed by atoms with Gasteiger partial charge in [-0.1, -0.05) is 0 Å². The SMILES string of the molecule is Nc1cnccc1C1CCN(C(=O)O)CC1. The van der Waals surface area contributed by atoms with E-state index in [9.17, 15) is 4.79 Å². The lowest BCUT2D eigenvalue weighted by molar-refractivity contribution is 0.132. The molecule has 2 rings (SSSR count). The van der Waals surface area contributed by atoms with Crippen LogP contribution in [0.1, 0.15) is 24.3 Å². The Kier molecular flexibility index (Phi) is 2.94. The maximum absolute atomic E-state index is 10.8. The van der Waals surface area contributed by atoms with E-state index in [1.807, 2.05) is 6.07 Å². The number of nitrogen functional groups attached to an aromatic ring is 1. The summed E-state index contributed by atoms with van der Waals surface area (Å²) in [6.45, 7) is 1.17. The first-order valence-electron chi connectivity index (χ1n) is 5.35. The molecule has 5 heteroatoms. The van der Waals surface area contributed by atoms with Gasteiger partial charge in [-0.25, -0.2) is 4.79 Å². The molecule has 0 bridgehead atoms. The van der Waals surface area contributed by atoms with Gasteiger partial charge < -0.3 is 15.7 Å². The summed E-state index contributed by atoms with van der Waals surface area (Å²) < 4.78 is 0. The largest absolute Gasteiger partial charge is 0.465 e. The summed E-state index contributed by atoms with van der Waals surface area (Å²) in [4.78, 5) is 16.2. The van der Waals surface area contributed by atoms with Crippen LogP contribution in [-0.4, -0.2) is 34.2 Å². The maximum Gasteiger partial charge on any atom is 0.407 e. The Morgan fingerprint density at radius 2 is 2.19 bits per heavy atom. The summed E-state index contributed by atoms with van der Waals surface area (Å²) >= 11 is 0. The fraction of sp³-hybridized carbons (Fsp3) is 0.455. The molecule has 0 atom stereocenters. The third kappa shape index (κ3) is 2.08. The molecule has 16 heavy (non-hydrogen) atoms. The smallest absolute Gasteiger partial charge is 0.407 e. The van der Waals surface area contributed by atoms with Gasteiger partial charge >= 0.3 is 6.09 Å². The summed E-state index contributed by atoms with van der Waals surface area (Å²) in [5, 5.41) is 8.84. The number of amides is 1. The summed E-state index contributed by atoms with van der Waals surface area (Å²) in [5.41, 5.74) is 7.66. The van der Waals surface area contributed by atoms with Crippen molar-refractivity contribution in [2.24, 2.45) is 0 Å². The first-order chi connectivity index (χ1) is 7.68. The minimum absolute atomic E-state index is 0.360. The maximum atomic E-state index is 10.8. The van der Waals surface area contributed by atoms with Crippen molar-refractivity contribution in [1.82, 2.24) is 9.88 Å². The number of piperidine rings is 1. The highest BCUT2D eigenvalue weighted by atomic mass is 16.4.